The Bertz CT molecular complexity index is 380. The molecule has 3 heteroatoms. The number of furan rings is 1. The van der Waals surface area contributed by atoms with Crippen LogP contribution < -0.4 is 5.32 Å². The lowest BCUT2D eigenvalue weighted by Crippen LogP contribution is -2.33. The highest BCUT2D eigenvalue weighted by Crippen LogP contribution is 2.21. The Kier molecular flexibility index (Phi) is 5.06. The Hall–Kier alpha value is -0.800. The van der Waals surface area contributed by atoms with Crippen LogP contribution in [0, 0.1) is 5.92 Å². The molecule has 108 valence electrons. The molecule has 1 aliphatic carbocycles. The van der Waals surface area contributed by atoms with E-state index in [1.54, 1.807) is 0 Å². The van der Waals surface area contributed by atoms with Gasteiger partial charge in [0.25, 0.3) is 0 Å². The molecule has 0 saturated heterocycles. The minimum absolute atomic E-state index is 0.553. The first-order chi connectivity index (χ1) is 9.06. The molecule has 2 rings (SSSR count). The molecule has 0 radical (unpaired) electrons. The number of hydrogen-bond donors (Lipinski definition) is 1. The smallest absolute Gasteiger partial charge is 0.122 e. The molecule has 0 aromatic carbocycles. The van der Waals surface area contributed by atoms with Crippen LogP contribution in [0.15, 0.2) is 16.7 Å². The van der Waals surface area contributed by atoms with Crippen LogP contribution in [0.2, 0.25) is 0 Å². The second-order valence-corrected chi connectivity index (χ2v) is 6.44. The molecule has 0 aliphatic heterocycles. The minimum atomic E-state index is 0.553. The van der Waals surface area contributed by atoms with E-state index in [4.69, 9.17) is 4.42 Å². The van der Waals surface area contributed by atoms with Crippen molar-refractivity contribution in [2.24, 2.45) is 5.92 Å². The number of hydrogen-bond acceptors (Lipinski definition) is 3. The van der Waals surface area contributed by atoms with Gasteiger partial charge in [-0.1, -0.05) is 13.8 Å². The zero-order chi connectivity index (χ0) is 13.8. The molecule has 3 nitrogen and oxygen atoms in total. The summed E-state index contributed by atoms with van der Waals surface area (Å²) in [5.41, 5.74) is 1.32. The fourth-order valence-corrected chi connectivity index (χ4v) is 2.32. The maximum absolute atomic E-state index is 5.70. The highest BCUT2D eigenvalue weighted by atomic mass is 16.3. The van der Waals surface area contributed by atoms with Gasteiger partial charge in [-0.25, -0.2) is 0 Å². The van der Waals surface area contributed by atoms with Gasteiger partial charge in [-0.15, -0.1) is 0 Å². The summed E-state index contributed by atoms with van der Waals surface area (Å²) in [6.45, 7) is 12.0. The van der Waals surface area contributed by atoms with E-state index in [0.717, 1.165) is 31.4 Å². The summed E-state index contributed by atoms with van der Waals surface area (Å²) in [5, 5.41) is 3.56. The summed E-state index contributed by atoms with van der Waals surface area (Å²) < 4.78 is 5.70. The van der Waals surface area contributed by atoms with Gasteiger partial charge >= 0.3 is 0 Å². The summed E-state index contributed by atoms with van der Waals surface area (Å²) in [5.74, 6) is 1.81. The predicted molar refractivity (Wildman–Crippen MR) is 79.0 cm³/mol. The van der Waals surface area contributed by atoms with Gasteiger partial charge in [-0.05, 0) is 38.7 Å². The number of nitrogens with one attached hydrogen (secondary N) is 1. The van der Waals surface area contributed by atoms with E-state index in [1.807, 2.05) is 6.26 Å². The van der Waals surface area contributed by atoms with Gasteiger partial charge in [-0.2, -0.15) is 0 Å². The van der Waals surface area contributed by atoms with Crippen molar-refractivity contribution < 1.29 is 4.42 Å². The average molecular weight is 264 g/mol. The molecule has 1 aliphatic rings. The van der Waals surface area contributed by atoms with Crippen LogP contribution in [0.5, 0.6) is 0 Å². The van der Waals surface area contributed by atoms with Gasteiger partial charge in [0.05, 0.1) is 12.8 Å². The molecule has 19 heavy (non-hydrogen) atoms. The lowest BCUT2D eigenvalue weighted by Gasteiger charge is -2.27. The van der Waals surface area contributed by atoms with Crippen molar-refractivity contribution in [3.05, 3.63) is 23.7 Å². The second-order valence-electron chi connectivity index (χ2n) is 6.44. The molecule has 1 saturated carbocycles. The summed E-state index contributed by atoms with van der Waals surface area (Å²) in [4.78, 5) is 2.49. The monoisotopic (exact) mass is 264 g/mol. The van der Waals surface area contributed by atoms with Crippen LogP contribution in [0.25, 0.3) is 0 Å². The zero-order valence-corrected chi connectivity index (χ0v) is 12.8. The van der Waals surface area contributed by atoms with Gasteiger partial charge in [0, 0.05) is 30.7 Å². The Morgan fingerprint density at radius 3 is 2.63 bits per heavy atom. The van der Waals surface area contributed by atoms with Gasteiger partial charge in [0.2, 0.25) is 0 Å². The van der Waals surface area contributed by atoms with Crippen molar-refractivity contribution >= 4 is 0 Å². The fraction of sp³-hybridized carbons (Fsp3) is 0.750. The van der Waals surface area contributed by atoms with Crippen LogP contribution in [0.1, 0.15) is 51.9 Å². The molecule has 0 unspecified atom stereocenters. The SMILES string of the molecule is CC(C)CN(Cc1occc1CNC1CC1)C(C)C. The first kappa shape index (κ1) is 14.6. The van der Waals surface area contributed by atoms with Gasteiger partial charge in [-0.3, -0.25) is 4.90 Å². The summed E-state index contributed by atoms with van der Waals surface area (Å²) in [7, 11) is 0. The predicted octanol–water partition coefficient (Wildman–Crippen LogP) is 3.40. The van der Waals surface area contributed by atoms with E-state index >= 15 is 0 Å². The van der Waals surface area contributed by atoms with Crippen molar-refractivity contribution in [3.63, 3.8) is 0 Å². The molecule has 0 bridgehead atoms. The Morgan fingerprint density at radius 1 is 1.32 bits per heavy atom. The second kappa shape index (κ2) is 6.58. The van der Waals surface area contributed by atoms with Crippen molar-refractivity contribution in [3.8, 4) is 0 Å². The summed E-state index contributed by atoms with van der Waals surface area (Å²) in [6, 6.07) is 3.41. The van der Waals surface area contributed by atoms with Crippen LogP contribution in [0.3, 0.4) is 0 Å². The first-order valence-electron chi connectivity index (χ1n) is 7.59. The molecular formula is C16H28N2O. The quantitative estimate of drug-likeness (QED) is 0.780. The first-order valence-corrected chi connectivity index (χ1v) is 7.59. The topological polar surface area (TPSA) is 28.4 Å². The highest BCUT2D eigenvalue weighted by Gasteiger charge is 2.21. The van der Waals surface area contributed by atoms with Crippen molar-refractivity contribution in [1.82, 2.24) is 10.2 Å². The van der Waals surface area contributed by atoms with E-state index in [2.05, 4.69) is 44.0 Å². The third-order valence-corrected chi connectivity index (χ3v) is 3.67. The number of nitrogens with zero attached hydrogens (tertiary/aromatic N) is 1. The third kappa shape index (κ3) is 4.66. The third-order valence-electron chi connectivity index (χ3n) is 3.67. The Morgan fingerprint density at radius 2 is 2.05 bits per heavy atom. The molecule has 1 aromatic rings. The van der Waals surface area contributed by atoms with Gasteiger partial charge < -0.3 is 9.73 Å². The fourth-order valence-electron chi connectivity index (χ4n) is 2.32. The highest BCUT2D eigenvalue weighted by molar-refractivity contribution is 5.17. The van der Waals surface area contributed by atoms with Gasteiger partial charge in [0.15, 0.2) is 0 Å². The lowest BCUT2D eigenvalue weighted by molar-refractivity contribution is 0.174. The maximum atomic E-state index is 5.70. The Balaban J connectivity index is 1.93. The largest absolute Gasteiger partial charge is 0.468 e. The molecule has 1 fully saturated rings. The van der Waals surface area contributed by atoms with Gasteiger partial charge in [0.1, 0.15) is 5.76 Å². The normalized spacial score (nSPS) is 15.9. The molecule has 0 atom stereocenters. The molecular weight excluding hydrogens is 236 g/mol. The van der Waals surface area contributed by atoms with Crippen molar-refractivity contribution in [2.45, 2.75) is 65.7 Å². The van der Waals surface area contributed by atoms with E-state index in [1.165, 1.54) is 18.4 Å². The van der Waals surface area contributed by atoms with Crippen molar-refractivity contribution in [2.75, 3.05) is 6.54 Å². The van der Waals surface area contributed by atoms with E-state index in [0.29, 0.717) is 12.0 Å². The summed E-state index contributed by atoms with van der Waals surface area (Å²) >= 11 is 0. The standard InChI is InChI=1S/C16H28N2O/c1-12(2)10-18(13(3)4)11-16-14(7-8-19-16)9-17-15-5-6-15/h7-8,12-13,15,17H,5-6,9-11H2,1-4H3. The van der Waals surface area contributed by atoms with E-state index < -0.39 is 0 Å². The van der Waals surface area contributed by atoms with Crippen LogP contribution in [-0.4, -0.2) is 23.5 Å². The summed E-state index contributed by atoms with van der Waals surface area (Å²) in [6.07, 6.45) is 4.49. The van der Waals surface area contributed by atoms with Crippen LogP contribution in [-0.2, 0) is 13.1 Å². The minimum Gasteiger partial charge on any atom is -0.468 e. The maximum Gasteiger partial charge on any atom is 0.122 e. The van der Waals surface area contributed by atoms with Crippen LogP contribution >= 0.6 is 0 Å². The van der Waals surface area contributed by atoms with E-state index in [-0.39, 0.29) is 0 Å². The van der Waals surface area contributed by atoms with Crippen LogP contribution in [0.4, 0.5) is 0 Å². The van der Waals surface area contributed by atoms with E-state index in [9.17, 15) is 0 Å². The molecule has 1 aromatic heterocycles. The lowest BCUT2D eigenvalue weighted by atomic mass is 10.1. The molecule has 0 amide bonds. The molecule has 1 heterocycles. The number of rotatable bonds is 8. The molecule has 0 spiro atoms. The zero-order valence-electron chi connectivity index (χ0n) is 12.8. The average Bonchev–Trinajstić information content (AvgIpc) is 3.06. The Labute approximate surface area is 117 Å². The molecule has 1 N–H and O–H groups in total. The van der Waals surface area contributed by atoms with Crippen molar-refractivity contribution in [1.29, 1.82) is 0 Å².